The molecule has 120 valence electrons. The number of anilines is 1. The van der Waals surface area contributed by atoms with Crippen molar-refractivity contribution in [2.45, 2.75) is 6.10 Å². The molecule has 1 aromatic heterocycles. The quantitative estimate of drug-likeness (QED) is 0.805. The van der Waals surface area contributed by atoms with Crippen molar-refractivity contribution < 1.29 is 14.3 Å². The number of aromatic nitrogens is 2. The van der Waals surface area contributed by atoms with Crippen molar-refractivity contribution >= 4 is 11.7 Å². The van der Waals surface area contributed by atoms with Gasteiger partial charge < -0.3 is 14.8 Å². The van der Waals surface area contributed by atoms with E-state index in [9.17, 15) is 4.79 Å². The molecule has 1 aliphatic heterocycles. The van der Waals surface area contributed by atoms with Gasteiger partial charge in [-0.05, 0) is 24.3 Å². The molecular weight excluding hydrogens is 306 g/mol. The van der Waals surface area contributed by atoms with Crippen LogP contribution >= 0.6 is 0 Å². The van der Waals surface area contributed by atoms with Crippen LogP contribution < -0.4 is 14.8 Å². The molecule has 0 saturated carbocycles. The first-order chi connectivity index (χ1) is 11.8. The number of hydrogen-bond acceptors (Lipinski definition) is 4. The van der Waals surface area contributed by atoms with Crippen molar-refractivity contribution in [3.63, 3.8) is 0 Å². The summed E-state index contributed by atoms with van der Waals surface area (Å²) >= 11 is 0. The Morgan fingerprint density at radius 1 is 1.04 bits per heavy atom. The van der Waals surface area contributed by atoms with Crippen molar-refractivity contribution in [1.82, 2.24) is 9.78 Å². The minimum atomic E-state index is -0.707. The fraction of sp³-hybridized carbons (Fsp3) is 0.111. The molecule has 0 radical (unpaired) electrons. The molecular formula is C18H15N3O3. The highest BCUT2D eigenvalue weighted by Crippen LogP contribution is 2.31. The maximum atomic E-state index is 12.4. The normalized spacial score (nSPS) is 15.8. The van der Waals surface area contributed by atoms with Crippen molar-refractivity contribution in [3.8, 4) is 17.2 Å². The molecule has 0 aliphatic carbocycles. The van der Waals surface area contributed by atoms with Crippen LogP contribution in [0.1, 0.15) is 0 Å². The molecule has 1 N–H and O–H groups in total. The van der Waals surface area contributed by atoms with Crippen LogP contribution in [0, 0.1) is 0 Å². The van der Waals surface area contributed by atoms with Gasteiger partial charge in [0.15, 0.2) is 17.3 Å². The number of rotatable bonds is 3. The Kier molecular flexibility index (Phi) is 3.63. The van der Waals surface area contributed by atoms with Crippen molar-refractivity contribution in [2.75, 3.05) is 11.9 Å². The topological polar surface area (TPSA) is 65.4 Å². The molecule has 1 atom stereocenters. The summed E-state index contributed by atoms with van der Waals surface area (Å²) in [5.74, 6) is 1.39. The zero-order valence-electron chi connectivity index (χ0n) is 12.8. The first-order valence-electron chi connectivity index (χ1n) is 7.60. The first kappa shape index (κ1) is 14.3. The number of ether oxygens (including phenoxy) is 2. The number of para-hydroxylation sites is 3. The zero-order chi connectivity index (χ0) is 16.4. The zero-order valence-corrected chi connectivity index (χ0v) is 12.8. The van der Waals surface area contributed by atoms with Gasteiger partial charge in [0, 0.05) is 12.3 Å². The predicted octanol–water partition coefficient (Wildman–Crippen LogP) is 2.65. The molecule has 0 saturated heterocycles. The van der Waals surface area contributed by atoms with E-state index in [0.717, 1.165) is 5.69 Å². The highest BCUT2D eigenvalue weighted by molar-refractivity contribution is 5.93. The number of hydrogen-bond donors (Lipinski definition) is 1. The molecule has 4 rings (SSSR count). The summed E-state index contributed by atoms with van der Waals surface area (Å²) in [7, 11) is 0. The van der Waals surface area contributed by atoms with Gasteiger partial charge in [0.2, 0.25) is 6.10 Å². The van der Waals surface area contributed by atoms with Gasteiger partial charge in [0.05, 0.1) is 5.69 Å². The van der Waals surface area contributed by atoms with Crippen LogP contribution in [0.3, 0.4) is 0 Å². The largest absolute Gasteiger partial charge is 0.485 e. The fourth-order valence-electron chi connectivity index (χ4n) is 2.47. The van der Waals surface area contributed by atoms with E-state index in [1.54, 1.807) is 23.0 Å². The average molecular weight is 321 g/mol. The SMILES string of the molecule is O=C(Nc1ccn(-c2ccccc2)n1)[C@H]1COc2ccccc2O1. The molecule has 6 heteroatoms. The summed E-state index contributed by atoms with van der Waals surface area (Å²) in [5.41, 5.74) is 0.921. The molecule has 0 bridgehead atoms. The van der Waals surface area contributed by atoms with Gasteiger partial charge in [-0.3, -0.25) is 4.79 Å². The number of carbonyl (C=O) groups is 1. The Hall–Kier alpha value is -3.28. The van der Waals surface area contributed by atoms with Gasteiger partial charge in [0.25, 0.3) is 5.91 Å². The van der Waals surface area contributed by atoms with E-state index in [4.69, 9.17) is 9.47 Å². The maximum Gasteiger partial charge on any atom is 0.270 e. The number of fused-ring (bicyclic) bond motifs is 1. The summed E-state index contributed by atoms with van der Waals surface area (Å²) < 4.78 is 12.9. The number of benzene rings is 2. The molecule has 1 amide bonds. The van der Waals surface area contributed by atoms with Gasteiger partial charge in [0.1, 0.15) is 6.61 Å². The second-order valence-electron chi connectivity index (χ2n) is 5.33. The number of carbonyl (C=O) groups excluding carboxylic acids is 1. The molecule has 2 heterocycles. The predicted molar refractivity (Wildman–Crippen MR) is 88.5 cm³/mol. The van der Waals surface area contributed by atoms with Gasteiger partial charge in [-0.15, -0.1) is 0 Å². The monoisotopic (exact) mass is 321 g/mol. The van der Waals surface area contributed by atoms with Crippen LogP contribution in [0.5, 0.6) is 11.5 Å². The highest BCUT2D eigenvalue weighted by atomic mass is 16.6. The average Bonchev–Trinajstić information content (AvgIpc) is 3.10. The number of nitrogens with zero attached hydrogens (tertiary/aromatic N) is 2. The van der Waals surface area contributed by atoms with E-state index in [1.165, 1.54) is 0 Å². The van der Waals surface area contributed by atoms with E-state index >= 15 is 0 Å². The third-order valence-electron chi connectivity index (χ3n) is 3.66. The number of amides is 1. The third kappa shape index (κ3) is 2.81. The van der Waals surface area contributed by atoms with Gasteiger partial charge in [-0.25, -0.2) is 4.68 Å². The van der Waals surface area contributed by atoms with Gasteiger partial charge >= 0.3 is 0 Å². The van der Waals surface area contributed by atoms with E-state index in [0.29, 0.717) is 17.3 Å². The summed E-state index contributed by atoms with van der Waals surface area (Å²) in [6, 6.07) is 18.7. The Morgan fingerprint density at radius 3 is 2.62 bits per heavy atom. The molecule has 0 unspecified atom stereocenters. The molecule has 6 nitrogen and oxygen atoms in total. The molecule has 1 aliphatic rings. The van der Waals surface area contributed by atoms with E-state index in [1.807, 2.05) is 48.5 Å². The van der Waals surface area contributed by atoms with Crippen molar-refractivity contribution in [2.24, 2.45) is 0 Å². The lowest BCUT2D eigenvalue weighted by molar-refractivity contribution is -0.125. The molecule has 0 spiro atoms. The fourth-order valence-corrected chi connectivity index (χ4v) is 2.47. The van der Waals surface area contributed by atoms with Crippen LogP contribution in [0.2, 0.25) is 0 Å². The lowest BCUT2D eigenvalue weighted by Crippen LogP contribution is -2.40. The Morgan fingerprint density at radius 2 is 1.79 bits per heavy atom. The summed E-state index contributed by atoms with van der Waals surface area (Å²) in [4.78, 5) is 12.4. The number of nitrogens with one attached hydrogen (secondary N) is 1. The lowest BCUT2D eigenvalue weighted by atomic mass is 10.2. The van der Waals surface area contributed by atoms with E-state index < -0.39 is 6.10 Å². The summed E-state index contributed by atoms with van der Waals surface area (Å²) in [6.45, 7) is 0.169. The van der Waals surface area contributed by atoms with Crippen LogP contribution in [0.25, 0.3) is 5.69 Å². The molecule has 0 fully saturated rings. The maximum absolute atomic E-state index is 12.4. The molecule has 2 aromatic carbocycles. The van der Waals surface area contributed by atoms with Crippen molar-refractivity contribution in [1.29, 1.82) is 0 Å². The standard InChI is InChI=1S/C18H15N3O3/c22-18(16-12-23-14-8-4-5-9-15(14)24-16)19-17-10-11-21(20-17)13-6-2-1-3-7-13/h1-11,16H,12H2,(H,19,20,22)/t16-/m1/s1. The van der Waals surface area contributed by atoms with E-state index in [2.05, 4.69) is 10.4 Å². The minimum Gasteiger partial charge on any atom is -0.485 e. The second-order valence-corrected chi connectivity index (χ2v) is 5.33. The minimum absolute atomic E-state index is 0.169. The summed E-state index contributed by atoms with van der Waals surface area (Å²) in [5, 5.41) is 7.10. The van der Waals surface area contributed by atoms with Crippen LogP contribution in [0.4, 0.5) is 5.82 Å². The van der Waals surface area contributed by atoms with Crippen LogP contribution in [-0.2, 0) is 4.79 Å². The Labute approximate surface area is 138 Å². The van der Waals surface area contributed by atoms with Crippen LogP contribution in [0.15, 0.2) is 66.9 Å². The third-order valence-corrected chi connectivity index (χ3v) is 3.66. The Bertz CT molecular complexity index is 861. The molecule has 3 aromatic rings. The highest BCUT2D eigenvalue weighted by Gasteiger charge is 2.27. The van der Waals surface area contributed by atoms with Crippen LogP contribution in [-0.4, -0.2) is 28.4 Å². The van der Waals surface area contributed by atoms with E-state index in [-0.39, 0.29) is 12.5 Å². The second kappa shape index (κ2) is 6.08. The van der Waals surface area contributed by atoms with Gasteiger partial charge in [-0.2, -0.15) is 5.10 Å². The smallest absolute Gasteiger partial charge is 0.270 e. The lowest BCUT2D eigenvalue weighted by Gasteiger charge is -2.25. The van der Waals surface area contributed by atoms with Gasteiger partial charge in [-0.1, -0.05) is 30.3 Å². The summed E-state index contributed by atoms with van der Waals surface area (Å²) in [6.07, 6.45) is 1.08. The Balaban J connectivity index is 1.45. The molecule has 24 heavy (non-hydrogen) atoms. The first-order valence-corrected chi connectivity index (χ1v) is 7.60. The van der Waals surface area contributed by atoms with Crippen molar-refractivity contribution in [3.05, 3.63) is 66.9 Å².